The number of carbonyl (C=O) groups excluding carboxylic acids is 2. The third kappa shape index (κ3) is 5.24. The van der Waals surface area contributed by atoms with Crippen molar-refractivity contribution < 1.29 is 14.7 Å². The van der Waals surface area contributed by atoms with Gasteiger partial charge in [0.1, 0.15) is 0 Å². The van der Waals surface area contributed by atoms with E-state index in [2.05, 4.69) is 5.32 Å². The summed E-state index contributed by atoms with van der Waals surface area (Å²) in [5.74, 6) is 0.217. The minimum absolute atomic E-state index is 0.0915. The van der Waals surface area contributed by atoms with Crippen molar-refractivity contribution in [2.45, 2.75) is 43.0 Å². The van der Waals surface area contributed by atoms with E-state index in [1.54, 1.807) is 12.1 Å². The van der Waals surface area contributed by atoms with E-state index in [0.717, 1.165) is 17.7 Å². The monoisotopic (exact) mass is 350 g/mol. The molecule has 0 bridgehead atoms. The molecule has 0 spiro atoms. The van der Waals surface area contributed by atoms with Crippen molar-refractivity contribution in [3.05, 3.63) is 29.8 Å². The van der Waals surface area contributed by atoms with Crippen LogP contribution in [0.5, 0.6) is 0 Å². The zero-order chi connectivity index (χ0) is 17.4. The van der Waals surface area contributed by atoms with Gasteiger partial charge >= 0.3 is 0 Å². The number of hydrogen-bond donors (Lipinski definition) is 2. The Morgan fingerprint density at radius 1 is 1.25 bits per heavy atom. The molecule has 0 aromatic heterocycles. The van der Waals surface area contributed by atoms with Crippen molar-refractivity contribution in [3.8, 4) is 0 Å². The van der Waals surface area contributed by atoms with Crippen LogP contribution in [0.3, 0.4) is 0 Å². The lowest BCUT2D eigenvalue weighted by atomic mass is 9.94. The normalized spacial score (nSPS) is 15.1. The lowest BCUT2D eigenvalue weighted by molar-refractivity contribution is -0.129. The fraction of sp³-hybridized carbons (Fsp3) is 0.556. The number of hydrogen-bond acceptors (Lipinski definition) is 4. The molecular formula is C18H26N2O3S. The van der Waals surface area contributed by atoms with Gasteiger partial charge in [-0.1, -0.05) is 31.4 Å². The van der Waals surface area contributed by atoms with E-state index >= 15 is 0 Å². The van der Waals surface area contributed by atoms with E-state index in [1.807, 2.05) is 24.1 Å². The van der Waals surface area contributed by atoms with Gasteiger partial charge in [-0.15, -0.1) is 11.8 Å². The minimum Gasteiger partial charge on any atom is -0.395 e. The Labute approximate surface area is 147 Å². The Bertz CT molecular complexity index is 559. The molecule has 0 radical (unpaired) electrons. The van der Waals surface area contributed by atoms with Crippen LogP contribution in [0.1, 0.15) is 42.5 Å². The molecule has 1 aromatic rings. The van der Waals surface area contributed by atoms with Gasteiger partial charge in [0.2, 0.25) is 5.91 Å². The van der Waals surface area contributed by atoms with Crippen LogP contribution in [-0.4, -0.2) is 53.8 Å². The van der Waals surface area contributed by atoms with Gasteiger partial charge < -0.3 is 15.3 Å². The van der Waals surface area contributed by atoms with E-state index in [1.165, 1.54) is 31.0 Å². The van der Waals surface area contributed by atoms with Crippen molar-refractivity contribution in [2.75, 3.05) is 26.0 Å². The molecule has 2 rings (SSSR count). The second-order valence-corrected chi connectivity index (χ2v) is 7.08. The summed E-state index contributed by atoms with van der Waals surface area (Å²) < 4.78 is 0. The summed E-state index contributed by atoms with van der Waals surface area (Å²) in [5.41, 5.74) is 0.545. The molecule has 6 heteroatoms. The second-order valence-electron chi connectivity index (χ2n) is 6.06. The average molecular weight is 350 g/mol. The third-order valence-corrected chi connectivity index (χ3v) is 5.45. The number of thioether (sulfide) groups is 1. The Morgan fingerprint density at radius 2 is 1.96 bits per heavy atom. The van der Waals surface area contributed by atoms with E-state index in [9.17, 15) is 9.59 Å². The first-order chi connectivity index (χ1) is 11.6. The lowest BCUT2D eigenvalue weighted by Crippen LogP contribution is -2.39. The zero-order valence-corrected chi connectivity index (χ0v) is 15.0. The summed E-state index contributed by atoms with van der Waals surface area (Å²) in [6, 6.07) is 7.61. The fourth-order valence-electron chi connectivity index (χ4n) is 2.96. The maximum atomic E-state index is 12.4. The van der Waals surface area contributed by atoms with Crippen molar-refractivity contribution in [3.63, 3.8) is 0 Å². The number of amides is 2. The maximum Gasteiger partial charge on any atom is 0.252 e. The molecule has 24 heavy (non-hydrogen) atoms. The van der Waals surface area contributed by atoms with Gasteiger partial charge in [0.05, 0.1) is 17.9 Å². The summed E-state index contributed by atoms with van der Waals surface area (Å²) >= 11 is 1.39. The molecule has 0 atom stereocenters. The molecule has 0 heterocycles. The highest BCUT2D eigenvalue weighted by Crippen LogP contribution is 2.25. The topological polar surface area (TPSA) is 69.6 Å². The Balaban J connectivity index is 1.93. The van der Waals surface area contributed by atoms with Crippen molar-refractivity contribution in [1.82, 2.24) is 10.2 Å². The van der Waals surface area contributed by atoms with Crippen LogP contribution in [0.25, 0.3) is 0 Å². The molecule has 132 valence electrons. The molecule has 2 N–H and O–H groups in total. The Kier molecular flexibility index (Phi) is 7.59. The third-order valence-electron chi connectivity index (χ3n) is 4.40. The summed E-state index contributed by atoms with van der Waals surface area (Å²) in [6.07, 6.45) is 5.84. The predicted octanol–water partition coefficient (Wildman–Crippen LogP) is 2.29. The predicted molar refractivity (Wildman–Crippen MR) is 96.2 cm³/mol. The number of nitrogens with zero attached hydrogens (tertiary/aromatic N) is 1. The SMILES string of the molecule is CN(C(=O)CSc1ccccc1C(=O)NCCO)C1CCCCC1. The summed E-state index contributed by atoms with van der Waals surface area (Å²) in [4.78, 5) is 27.2. The first-order valence-electron chi connectivity index (χ1n) is 8.50. The van der Waals surface area contributed by atoms with Crippen molar-refractivity contribution >= 4 is 23.6 Å². The average Bonchev–Trinajstić information content (AvgIpc) is 2.64. The van der Waals surface area contributed by atoms with Gasteiger partial charge in [0.25, 0.3) is 5.91 Å². The molecule has 1 aliphatic carbocycles. The second kappa shape index (κ2) is 9.69. The van der Waals surface area contributed by atoms with Crippen LogP contribution in [0, 0.1) is 0 Å². The molecule has 0 saturated heterocycles. The van der Waals surface area contributed by atoms with Gasteiger partial charge in [-0.25, -0.2) is 0 Å². The highest BCUT2D eigenvalue weighted by molar-refractivity contribution is 8.00. The molecule has 5 nitrogen and oxygen atoms in total. The molecule has 1 aromatic carbocycles. The quantitative estimate of drug-likeness (QED) is 0.740. The van der Waals surface area contributed by atoms with E-state index in [0.29, 0.717) is 17.4 Å². The number of aliphatic hydroxyl groups excluding tert-OH is 1. The Hall–Kier alpha value is -1.53. The van der Waals surface area contributed by atoms with Crippen LogP contribution >= 0.6 is 11.8 Å². The van der Waals surface area contributed by atoms with Crippen LogP contribution < -0.4 is 5.32 Å². The number of benzene rings is 1. The highest BCUT2D eigenvalue weighted by Gasteiger charge is 2.22. The fourth-order valence-corrected chi connectivity index (χ4v) is 3.93. The van der Waals surface area contributed by atoms with Crippen LogP contribution in [0.2, 0.25) is 0 Å². The molecule has 2 amide bonds. The van der Waals surface area contributed by atoms with Gasteiger partial charge in [-0.2, -0.15) is 0 Å². The number of rotatable bonds is 7. The summed E-state index contributed by atoms with van der Waals surface area (Å²) in [6.45, 7) is 0.132. The Morgan fingerprint density at radius 3 is 2.67 bits per heavy atom. The minimum atomic E-state index is -0.222. The van der Waals surface area contributed by atoms with Crippen LogP contribution in [-0.2, 0) is 4.79 Å². The molecule has 0 unspecified atom stereocenters. The van der Waals surface area contributed by atoms with E-state index in [-0.39, 0.29) is 25.0 Å². The van der Waals surface area contributed by atoms with Gasteiger partial charge in [0.15, 0.2) is 0 Å². The largest absolute Gasteiger partial charge is 0.395 e. The molecule has 1 aliphatic rings. The smallest absolute Gasteiger partial charge is 0.252 e. The molecule has 1 fully saturated rings. The van der Waals surface area contributed by atoms with Gasteiger partial charge in [-0.3, -0.25) is 9.59 Å². The lowest BCUT2D eigenvalue weighted by Gasteiger charge is -2.31. The number of carbonyl (C=O) groups is 2. The summed E-state index contributed by atoms with van der Waals surface area (Å²) in [5, 5.41) is 11.5. The number of aliphatic hydroxyl groups is 1. The highest BCUT2D eigenvalue weighted by atomic mass is 32.2. The molecule has 1 saturated carbocycles. The first kappa shape index (κ1) is 18.8. The molecule has 0 aliphatic heterocycles. The van der Waals surface area contributed by atoms with Gasteiger partial charge in [-0.05, 0) is 25.0 Å². The van der Waals surface area contributed by atoms with Gasteiger partial charge in [0, 0.05) is 24.5 Å². The maximum absolute atomic E-state index is 12.4. The number of nitrogens with one attached hydrogen (secondary N) is 1. The first-order valence-corrected chi connectivity index (χ1v) is 9.48. The van der Waals surface area contributed by atoms with Crippen LogP contribution in [0.15, 0.2) is 29.2 Å². The van der Waals surface area contributed by atoms with Crippen LogP contribution in [0.4, 0.5) is 0 Å². The van der Waals surface area contributed by atoms with Crippen molar-refractivity contribution in [2.24, 2.45) is 0 Å². The van der Waals surface area contributed by atoms with E-state index < -0.39 is 0 Å². The summed E-state index contributed by atoms with van der Waals surface area (Å²) in [7, 11) is 1.89. The zero-order valence-electron chi connectivity index (χ0n) is 14.2. The molecular weight excluding hydrogens is 324 g/mol. The van der Waals surface area contributed by atoms with Crippen molar-refractivity contribution in [1.29, 1.82) is 0 Å². The van der Waals surface area contributed by atoms with E-state index in [4.69, 9.17) is 5.11 Å². The standard InChI is InChI=1S/C18H26N2O3S/c1-20(14-7-3-2-4-8-14)17(22)13-24-16-10-6-5-9-15(16)18(23)19-11-12-21/h5-6,9-10,14,21H,2-4,7-8,11-13H2,1H3,(H,19,23).